The van der Waals surface area contributed by atoms with E-state index in [0.717, 1.165) is 48.7 Å². The normalized spacial score (nSPS) is 18.7. The van der Waals surface area contributed by atoms with Crippen LogP contribution in [0, 0.1) is 19.8 Å². The van der Waals surface area contributed by atoms with Crippen LogP contribution in [0.2, 0.25) is 5.02 Å². The Morgan fingerprint density at radius 1 is 1.20 bits per heavy atom. The highest BCUT2D eigenvalue weighted by atomic mass is 35.5. The molecule has 2 N–H and O–H groups in total. The van der Waals surface area contributed by atoms with Crippen molar-refractivity contribution >= 4 is 35.6 Å². The zero-order valence-corrected chi connectivity index (χ0v) is 16.7. The molecule has 1 saturated heterocycles. The zero-order valence-electron chi connectivity index (χ0n) is 15.1. The van der Waals surface area contributed by atoms with Gasteiger partial charge in [-0.15, -0.1) is 12.4 Å². The van der Waals surface area contributed by atoms with Crippen LogP contribution in [0.3, 0.4) is 0 Å². The summed E-state index contributed by atoms with van der Waals surface area (Å²) < 4.78 is 0. The summed E-state index contributed by atoms with van der Waals surface area (Å²) in [5, 5.41) is 7.27. The molecule has 2 fully saturated rings. The Morgan fingerprint density at radius 3 is 2.48 bits per heavy atom. The minimum absolute atomic E-state index is 0. The number of halogens is 2. The predicted molar refractivity (Wildman–Crippen MR) is 107 cm³/mol. The first-order valence-electron chi connectivity index (χ1n) is 9.03. The molecule has 1 saturated carbocycles. The lowest BCUT2D eigenvalue weighted by Crippen LogP contribution is -2.45. The number of nitrogens with zero attached hydrogens (tertiary/aromatic N) is 1. The summed E-state index contributed by atoms with van der Waals surface area (Å²) in [6.07, 6.45) is 5.05. The Morgan fingerprint density at radius 2 is 1.88 bits per heavy atom. The van der Waals surface area contributed by atoms with E-state index in [2.05, 4.69) is 15.5 Å². The van der Waals surface area contributed by atoms with E-state index in [1.54, 1.807) is 0 Å². The molecule has 6 heteroatoms. The van der Waals surface area contributed by atoms with Crippen LogP contribution < -0.4 is 10.6 Å². The topological polar surface area (TPSA) is 44.4 Å². The summed E-state index contributed by atoms with van der Waals surface area (Å²) in [4.78, 5) is 14.6. The van der Waals surface area contributed by atoms with Crippen LogP contribution in [0.15, 0.2) is 12.1 Å². The van der Waals surface area contributed by atoms with E-state index in [1.165, 1.54) is 19.4 Å². The van der Waals surface area contributed by atoms with Crippen LogP contribution in [0.1, 0.15) is 36.8 Å². The number of nitrogens with one attached hydrogen (secondary N) is 2. The van der Waals surface area contributed by atoms with Crippen LogP contribution in [0.4, 0.5) is 5.69 Å². The van der Waals surface area contributed by atoms with Crippen molar-refractivity contribution < 1.29 is 4.79 Å². The maximum absolute atomic E-state index is 12.3. The second-order valence-electron chi connectivity index (χ2n) is 7.39. The number of aryl methyl sites for hydroxylation is 2. The highest BCUT2D eigenvalue weighted by Crippen LogP contribution is 2.28. The number of hydrogen-bond donors (Lipinski definition) is 2. The lowest BCUT2D eigenvalue weighted by molar-refractivity contribution is -0.117. The summed E-state index contributed by atoms with van der Waals surface area (Å²) in [6, 6.07) is 4.55. The zero-order chi connectivity index (χ0) is 17.1. The number of anilines is 1. The van der Waals surface area contributed by atoms with E-state index in [4.69, 9.17) is 11.6 Å². The Bertz CT molecular complexity index is 573. The molecule has 0 radical (unpaired) electrons. The van der Waals surface area contributed by atoms with Gasteiger partial charge in [-0.3, -0.25) is 9.69 Å². The van der Waals surface area contributed by atoms with Gasteiger partial charge in [-0.1, -0.05) is 17.7 Å². The average molecular weight is 386 g/mol. The van der Waals surface area contributed by atoms with Gasteiger partial charge in [0.05, 0.1) is 17.3 Å². The number of piperidine rings is 1. The highest BCUT2D eigenvalue weighted by molar-refractivity contribution is 6.34. The molecule has 1 aliphatic heterocycles. The fraction of sp³-hybridized carbons (Fsp3) is 0.632. The fourth-order valence-corrected chi connectivity index (χ4v) is 3.77. The maximum Gasteiger partial charge on any atom is 0.238 e. The van der Waals surface area contributed by atoms with Crippen LogP contribution in [0.25, 0.3) is 0 Å². The molecule has 3 rings (SSSR count). The van der Waals surface area contributed by atoms with Crippen LogP contribution in [-0.2, 0) is 4.79 Å². The molecular formula is C19H29Cl2N3O. The first-order chi connectivity index (χ1) is 11.5. The molecule has 25 heavy (non-hydrogen) atoms. The number of benzene rings is 1. The summed E-state index contributed by atoms with van der Waals surface area (Å²) in [5.74, 6) is 0.949. The van der Waals surface area contributed by atoms with Gasteiger partial charge < -0.3 is 10.6 Å². The second-order valence-corrected chi connectivity index (χ2v) is 7.80. The lowest BCUT2D eigenvalue weighted by Gasteiger charge is -2.32. The minimum Gasteiger partial charge on any atom is -0.323 e. The average Bonchev–Trinajstić information content (AvgIpc) is 3.34. The van der Waals surface area contributed by atoms with Gasteiger partial charge in [0.1, 0.15) is 0 Å². The summed E-state index contributed by atoms with van der Waals surface area (Å²) in [6.45, 7) is 7.57. The van der Waals surface area contributed by atoms with Crippen LogP contribution in [0.5, 0.6) is 0 Å². The van der Waals surface area contributed by atoms with Crippen molar-refractivity contribution in [1.29, 1.82) is 0 Å². The van der Waals surface area contributed by atoms with E-state index >= 15 is 0 Å². The molecule has 0 bridgehead atoms. The third-order valence-electron chi connectivity index (χ3n) is 5.04. The molecule has 140 valence electrons. The SMILES string of the molecule is Cc1cc(C)c(NC(=O)CN2CCC(NCC3CC3)CC2)c(Cl)c1.Cl. The van der Waals surface area contributed by atoms with Crippen molar-refractivity contribution in [3.05, 3.63) is 28.3 Å². The van der Waals surface area contributed by atoms with E-state index in [9.17, 15) is 4.79 Å². The van der Waals surface area contributed by atoms with Crippen molar-refractivity contribution in [1.82, 2.24) is 10.2 Å². The van der Waals surface area contributed by atoms with Gasteiger partial charge in [-0.05, 0) is 69.2 Å². The fourth-order valence-electron chi connectivity index (χ4n) is 3.41. The van der Waals surface area contributed by atoms with E-state index in [1.807, 2.05) is 26.0 Å². The standard InChI is InChI=1S/C19H28ClN3O.ClH/c1-13-9-14(2)19(17(20)10-13)22-18(24)12-23-7-5-16(6-8-23)21-11-15-3-4-15;/h9-10,15-16,21H,3-8,11-12H2,1-2H3,(H,22,24);1H. The predicted octanol–water partition coefficient (Wildman–Crippen LogP) is 3.78. The van der Waals surface area contributed by atoms with E-state index in [-0.39, 0.29) is 18.3 Å². The van der Waals surface area contributed by atoms with Crippen molar-refractivity contribution in [3.63, 3.8) is 0 Å². The van der Waals surface area contributed by atoms with Gasteiger partial charge in [0.15, 0.2) is 0 Å². The van der Waals surface area contributed by atoms with Crippen LogP contribution >= 0.6 is 24.0 Å². The first kappa shape index (κ1) is 20.5. The first-order valence-corrected chi connectivity index (χ1v) is 9.41. The summed E-state index contributed by atoms with van der Waals surface area (Å²) >= 11 is 6.27. The molecule has 2 aliphatic rings. The van der Waals surface area contributed by atoms with Crippen molar-refractivity contribution in [2.45, 2.75) is 45.6 Å². The van der Waals surface area contributed by atoms with Gasteiger partial charge in [0.2, 0.25) is 5.91 Å². The quantitative estimate of drug-likeness (QED) is 0.782. The number of amides is 1. The minimum atomic E-state index is 0. The number of carbonyl (C=O) groups is 1. The molecule has 0 spiro atoms. The molecule has 1 aromatic carbocycles. The highest BCUT2D eigenvalue weighted by Gasteiger charge is 2.25. The number of likely N-dealkylation sites (tertiary alicyclic amines) is 1. The van der Waals surface area contributed by atoms with E-state index < -0.39 is 0 Å². The molecule has 0 unspecified atom stereocenters. The van der Waals surface area contributed by atoms with Gasteiger partial charge in [0, 0.05) is 19.1 Å². The molecular weight excluding hydrogens is 357 g/mol. The largest absolute Gasteiger partial charge is 0.323 e. The number of carbonyl (C=O) groups excluding carboxylic acids is 1. The summed E-state index contributed by atoms with van der Waals surface area (Å²) in [7, 11) is 0. The smallest absolute Gasteiger partial charge is 0.238 e. The molecule has 0 aromatic heterocycles. The Kier molecular flexibility index (Phi) is 7.56. The van der Waals surface area contributed by atoms with Crippen molar-refractivity contribution in [2.75, 3.05) is 31.5 Å². The molecule has 1 aliphatic carbocycles. The third-order valence-corrected chi connectivity index (χ3v) is 5.34. The van der Waals surface area contributed by atoms with Crippen molar-refractivity contribution in [2.24, 2.45) is 5.92 Å². The third kappa shape index (κ3) is 6.14. The monoisotopic (exact) mass is 385 g/mol. The van der Waals surface area contributed by atoms with Gasteiger partial charge >= 0.3 is 0 Å². The molecule has 1 heterocycles. The second kappa shape index (κ2) is 9.22. The molecule has 0 atom stereocenters. The molecule has 4 nitrogen and oxygen atoms in total. The van der Waals surface area contributed by atoms with Gasteiger partial charge in [-0.2, -0.15) is 0 Å². The maximum atomic E-state index is 12.3. The molecule has 1 aromatic rings. The summed E-state index contributed by atoms with van der Waals surface area (Å²) in [5.41, 5.74) is 2.86. The number of hydrogen-bond acceptors (Lipinski definition) is 3. The van der Waals surface area contributed by atoms with E-state index in [0.29, 0.717) is 17.6 Å². The Hall–Kier alpha value is -0.810. The van der Waals surface area contributed by atoms with Crippen molar-refractivity contribution in [3.8, 4) is 0 Å². The Labute approximate surface area is 162 Å². The Balaban J connectivity index is 0.00000225. The molecule has 1 amide bonds. The van der Waals surface area contributed by atoms with Crippen LogP contribution in [-0.4, -0.2) is 43.0 Å². The number of rotatable bonds is 6. The van der Waals surface area contributed by atoms with Gasteiger partial charge in [0.25, 0.3) is 0 Å². The lowest BCUT2D eigenvalue weighted by atomic mass is 10.0. The van der Waals surface area contributed by atoms with Gasteiger partial charge in [-0.25, -0.2) is 0 Å².